The van der Waals surface area contributed by atoms with Gasteiger partial charge in [-0.25, -0.2) is 13.4 Å². The number of anilines is 4. The summed E-state index contributed by atoms with van der Waals surface area (Å²) in [6, 6.07) is 5.83. The molecule has 2 bridgehead atoms. The predicted octanol–water partition coefficient (Wildman–Crippen LogP) is 3.46. The highest BCUT2D eigenvalue weighted by Crippen LogP contribution is 2.41. The molecule has 3 atom stereocenters. The number of nitrogens with zero attached hydrogens (tertiary/aromatic N) is 4. The summed E-state index contributed by atoms with van der Waals surface area (Å²) < 4.78 is 32.1. The van der Waals surface area contributed by atoms with Crippen molar-refractivity contribution in [2.24, 2.45) is 13.0 Å². The second-order valence-corrected chi connectivity index (χ2v) is 13.4. The second kappa shape index (κ2) is 8.74. The smallest absolute Gasteiger partial charge is 0.295 e. The van der Waals surface area contributed by atoms with Crippen molar-refractivity contribution in [2.45, 2.75) is 50.2 Å². The number of pyridine rings is 1. The van der Waals surface area contributed by atoms with Crippen LogP contribution in [0.4, 0.5) is 23.1 Å². The monoisotopic (exact) mass is 556 g/mol. The molecule has 0 spiro atoms. The summed E-state index contributed by atoms with van der Waals surface area (Å²) in [7, 11) is -1.29. The van der Waals surface area contributed by atoms with Gasteiger partial charge >= 0.3 is 0 Å². The third-order valence-electron chi connectivity index (χ3n) is 8.29. The Morgan fingerprint density at radius 3 is 2.63 bits per heavy atom. The third-order valence-corrected chi connectivity index (χ3v) is 10.3. The van der Waals surface area contributed by atoms with Crippen LogP contribution in [0, 0.1) is 5.92 Å². The van der Waals surface area contributed by atoms with Gasteiger partial charge in [0.2, 0.25) is 11.7 Å². The molecule has 3 aromatic rings. The maximum Gasteiger partial charge on any atom is 0.295 e. The van der Waals surface area contributed by atoms with E-state index in [4.69, 9.17) is 21.3 Å². The molecule has 1 aliphatic carbocycles. The molecule has 1 aromatic carbocycles. The van der Waals surface area contributed by atoms with Gasteiger partial charge in [-0.3, -0.25) is 4.79 Å². The molecule has 3 unspecified atom stereocenters. The fraction of sp³-hybridized carbons (Fsp3) is 0.500. The first kappa shape index (κ1) is 24.0. The zero-order valence-electron chi connectivity index (χ0n) is 21.0. The van der Waals surface area contributed by atoms with Crippen LogP contribution >= 0.6 is 11.6 Å². The maximum absolute atomic E-state index is 13.1. The molecule has 1 saturated carbocycles. The van der Waals surface area contributed by atoms with E-state index in [1.165, 1.54) is 12.8 Å². The normalized spacial score (nSPS) is 25.8. The van der Waals surface area contributed by atoms with Crippen LogP contribution in [0.15, 0.2) is 29.2 Å². The van der Waals surface area contributed by atoms with E-state index >= 15 is 0 Å². The van der Waals surface area contributed by atoms with Crippen molar-refractivity contribution in [2.75, 3.05) is 33.6 Å². The van der Waals surface area contributed by atoms with E-state index in [2.05, 4.69) is 15.6 Å². The number of ether oxygens (including phenoxy) is 1. The summed E-state index contributed by atoms with van der Waals surface area (Å²) in [5, 5.41) is 8.21. The number of benzene rings is 1. The first-order valence-electron chi connectivity index (χ1n) is 13.1. The van der Waals surface area contributed by atoms with Crippen molar-refractivity contribution in [3.05, 3.63) is 39.8 Å². The average molecular weight is 557 g/mol. The molecule has 0 amide bonds. The summed E-state index contributed by atoms with van der Waals surface area (Å²) in [5.74, 6) is 2.16. The number of hydrogen-bond acceptors (Lipinski definition) is 9. The maximum atomic E-state index is 13.1. The van der Waals surface area contributed by atoms with Gasteiger partial charge in [-0.1, -0.05) is 11.6 Å². The number of sulfone groups is 1. The van der Waals surface area contributed by atoms with Crippen LogP contribution < -0.4 is 25.8 Å². The van der Waals surface area contributed by atoms with Crippen LogP contribution in [-0.2, 0) is 16.9 Å². The number of aromatic nitrogens is 3. The van der Waals surface area contributed by atoms with Crippen molar-refractivity contribution in [1.29, 1.82) is 0 Å². The number of fused-ring (bicyclic) bond motifs is 5. The molecular formula is C26H29ClN6O4S. The van der Waals surface area contributed by atoms with Gasteiger partial charge in [-0.2, -0.15) is 4.98 Å². The molecule has 3 aliphatic heterocycles. The molecule has 38 heavy (non-hydrogen) atoms. The highest BCUT2D eigenvalue weighted by atomic mass is 35.5. The molecule has 3 fully saturated rings. The van der Waals surface area contributed by atoms with E-state index in [1.54, 1.807) is 17.8 Å². The summed E-state index contributed by atoms with van der Waals surface area (Å²) in [4.78, 5) is 24.3. The van der Waals surface area contributed by atoms with E-state index in [9.17, 15) is 13.2 Å². The van der Waals surface area contributed by atoms with Crippen molar-refractivity contribution < 1.29 is 13.2 Å². The minimum absolute atomic E-state index is 0.115. The van der Waals surface area contributed by atoms with Crippen molar-refractivity contribution >= 4 is 55.5 Å². The van der Waals surface area contributed by atoms with Crippen LogP contribution in [0.2, 0.25) is 5.02 Å². The standard InChI is InChI=1S/C26H29ClN6O4S/c1-32-21-7-4-15(10-18(21)22-23(25(32)34)37-9-8-20(30-22)14-2-3-14)29-24-19(27)11-28-26(31-24)33-16-5-6-17(33)13-38(35,36)12-16/h4,7,10-11,14,16-17,20,30H,2-3,5-6,8-9,12-13H2,1H3,(H,28,29,31). The van der Waals surface area contributed by atoms with Crippen LogP contribution in [0.1, 0.15) is 32.1 Å². The largest absolute Gasteiger partial charge is 0.486 e. The molecule has 2 N–H and O–H groups in total. The van der Waals surface area contributed by atoms with Crippen LogP contribution in [0.25, 0.3) is 10.9 Å². The Kier molecular flexibility index (Phi) is 5.52. The Morgan fingerprint density at radius 2 is 1.89 bits per heavy atom. The Labute approximate surface area is 225 Å². The third kappa shape index (κ3) is 4.07. The topological polar surface area (TPSA) is 118 Å². The quantitative estimate of drug-likeness (QED) is 0.498. The van der Waals surface area contributed by atoms with Crippen LogP contribution in [0.3, 0.4) is 0 Å². The second-order valence-electron chi connectivity index (χ2n) is 10.9. The Morgan fingerprint density at radius 1 is 1.13 bits per heavy atom. The summed E-state index contributed by atoms with van der Waals surface area (Å²) in [6.45, 7) is 0.513. The van der Waals surface area contributed by atoms with Gasteiger partial charge in [0, 0.05) is 42.7 Å². The van der Waals surface area contributed by atoms with Crippen LogP contribution in [0.5, 0.6) is 5.75 Å². The molecule has 4 aliphatic rings. The zero-order valence-corrected chi connectivity index (χ0v) is 22.6. The van der Waals surface area contributed by atoms with E-state index < -0.39 is 9.84 Å². The van der Waals surface area contributed by atoms with Gasteiger partial charge < -0.3 is 24.8 Å². The van der Waals surface area contributed by atoms with E-state index in [0.717, 1.165) is 41.5 Å². The molecule has 12 heteroatoms. The average Bonchev–Trinajstić information content (AvgIpc) is 3.70. The summed E-state index contributed by atoms with van der Waals surface area (Å²) in [6.07, 6.45) is 6.43. The molecule has 0 radical (unpaired) electrons. The van der Waals surface area contributed by atoms with Gasteiger partial charge in [-0.15, -0.1) is 0 Å². The lowest BCUT2D eigenvalue weighted by molar-refractivity contribution is 0.303. The first-order chi connectivity index (χ1) is 18.3. The van der Waals surface area contributed by atoms with E-state index in [0.29, 0.717) is 35.1 Å². The minimum Gasteiger partial charge on any atom is -0.486 e. The molecule has 5 heterocycles. The molecule has 2 saturated heterocycles. The first-order valence-corrected chi connectivity index (χ1v) is 15.3. The lowest BCUT2D eigenvalue weighted by atomic mass is 10.1. The number of rotatable bonds is 4. The van der Waals surface area contributed by atoms with Gasteiger partial charge in [0.05, 0.1) is 35.5 Å². The fourth-order valence-electron chi connectivity index (χ4n) is 6.25. The van der Waals surface area contributed by atoms with Crippen LogP contribution in [-0.4, -0.2) is 59.2 Å². The summed E-state index contributed by atoms with van der Waals surface area (Å²) >= 11 is 6.50. The number of halogens is 1. The molecule has 2 aromatic heterocycles. The zero-order chi connectivity index (χ0) is 26.2. The Hall–Kier alpha value is -3.05. The lowest BCUT2D eigenvalue weighted by Crippen LogP contribution is -2.49. The number of nitrogens with one attached hydrogen (secondary N) is 2. The van der Waals surface area contributed by atoms with Gasteiger partial charge in [0.1, 0.15) is 5.02 Å². The lowest BCUT2D eigenvalue weighted by Gasteiger charge is -2.34. The van der Waals surface area contributed by atoms with Gasteiger partial charge in [0.15, 0.2) is 15.7 Å². The molecule has 200 valence electrons. The molecular weight excluding hydrogens is 528 g/mol. The van der Waals surface area contributed by atoms with Gasteiger partial charge in [-0.05, 0) is 49.8 Å². The SMILES string of the molecule is Cn1c(=O)c2c(c3cc(Nc4nc(N5C6CCC5CS(=O)(=O)C6)ncc4Cl)ccc31)NC(C1CC1)CCO2. The highest BCUT2D eigenvalue weighted by Gasteiger charge is 2.44. The molecule has 10 nitrogen and oxygen atoms in total. The highest BCUT2D eigenvalue weighted by molar-refractivity contribution is 7.91. The van der Waals surface area contributed by atoms with E-state index in [-0.39, 0.29) is 35.2 Å². The summed E-state index contributed by atoms with van der Waals surface area (Å²) in [5.41, 5.74) is 2.14. The predicted molar refractivity (Wildman–Crippen MR) is 148 cm³/mol. The van der Waals surface area contributed by atoms with Gasteiger partial charge in [0.25, 0.3) is 5.56 Å². The Balaban J connectivity index is 1.25. The fourth-order valence-corrected chi connectivity index (χ4v) is 8.35. The number of aryl methyl sites for hydroxylation is 1. The van der Waals surface area contributed by atoms with Crippen molar-refractivity contribution in [3.8, 4) is 5.75 Å². The van der Waals surface area contributed by atoms with Crippen molar-refractivity contribution in [1.82, 2.24) is 14.5 Å². The number of hydrogen-bond donors (Lipinski definition) is 2. The van der Waals surface area contributed by atoms with Crippen molar-refractivity contribution in [3.63, 3.8) is 0 Å². The minimum atomic E-state index is -3.05. The molecule has 7 rings (SSSR count). The Bertz CT molecular complexity index is 1600. The van der Waals surface area contributed by atoms with E-state index in [1.807, 2.05) is 23.1 Å².